The molecule has 0 aliphatic carbocycles. The molecule has 0 amide bonds. The van der Waals surface area contributed by atoms with Crippen molar-refractivity contribution >= 4 is 54.1 Å². The van der Waals surface area contributed by atoms with Gasteiger partial charge in [-0.2, -0.15) is 9.97 Å². The van der Waals surface area contributed by atoms with Gasteiger partial charge in [0, 0.05) is 0 Å². The fraction of sp³-hybridized carbons (Fsp3) is 0.556. The number of H-pyrrole nitrogens is 1. The highest BCUT2D eigenvalue weighted by molar-refractivity contribution is 7.47. The van der Waals surface area contributed by atoms with E-state index in [1.807, 2.05) is 0 Å². The van der Waals surface area contributed by atoms with Crippen molar-refractivity contribution in [3.8, 4) is 0 Å². The summed E-state index contributed by atoms with van der Waals surface area (Å²) in [6.07, 6.45) is -5.51. The fourth-order valence-corrected chi connectivity index (χ4v) is 6.05. The Morgan fingerprint density at radius 1 is 1.07 bits per heavy atom. The SMILES string of the molecule is Nc1ncn([C@@H]2O[C@H](CO)C(OP(=O)(O)OC[C@H]3O[C@@H](n4cnc5c(=O)[nH]c(N)nc54)C(Cl)C3O)C2Cl)c(=O)n1. The zero-order valence-corrected chi connectivity index (χ0v) is 22.3. The Morgan fingerprint density at radius 2 is 1.75 bits per heavy atom. The predicted octanol–water partition coefficient (Wildman–Crippen LogP) is -2.20. The van der Waals surface area contributed by atoms with Gasteiger partial charge in [-0.05, 0) is 0 Å². The van der Waals surface area contributed by atoms with Crippen molar-refractivity contribution in [3.63, 3.8) is 0 Å². The number of alkyl halides is 2. The number of nitrogens with zero attached hydrogens (tertiary/aromatic N) is 6. The molecule has 9 atom stereocenters. The number of hydrogen-bond acceptors (Lipinski definition) is 15. The van der Waals surface area contributed by atoms with Gasteiger partial charge < -0.3 is 36.0 Å². The first-order valence-corrected chi connectivity index (χ1v) is 13.7. The lowest BCUT2D eigenvalue weighted by atomic mass is 10.2. The molecule has 0 radical (unpaired) electrons. The first kappa shape index (κ1) is 28.8. The summed E-state index contributed by atoms with van der Waals surface area (Å²) in [5.74, 6) is -0.481. The van der Waals surface area contributed by atoms with E-state index in [1.54, 1.807) is 0 Å². The molecule has 218 valence electrons. The van der Waals surface area contributed by atoms with Crippen molar-refractivity contribution in [2.75, 3.05) is 24.7 Å². The number of anilines is 2. The normalized spacial score (nSPS) is 32.0. The smallest absolute Gasteiger partial charge is 0.394 e. The van der Waals surface area contributed by atoms with Gasteiger partial charge in [-0.3, -0.25) is 28.0 Å². The molecule has 2 aliphatic heterocycles. The molecule has 8 N–H and O–H groups in total. The van der Waals surface area contributed by atoms with Gasteiger partial charge in [0.1, 0.15) is 41.5 Å². The third-order valence-corrected chi connectivity index (χ3v) is 8.06. The average molecular weight is 626 g/mol. The van der Waals surface area contributed by atoms with E-state index >= 15 is 0 Å². The molecule has 2 saturated heterocycles. The number of aliphatic hydroxyl groups excluding tert-OH is 2. The van der Waals surface area contributed by atoms with Crippen LogP contribution >= 0.6 is 31.0 Å². The van der Waals surface area contributed by atoms with Crippen LogP contribution in [0, 0.1) is 0 Å². The number of fused-ring (bicyclic) bond motifs is 1. The molecular formula is C18H22Cl2N9O10P. The van der Waals surface area contributed by atoms with Crippen molar-refractivity contribution in [2.24, 2.45) is 0 Å². The van der Waals surface area contributed by atoms with Crippen LogP contribution in [0.25, 0.3) is 11.2 Å². The maximum absolute atomic E-state index is 12.8. The van der Waals surface area contributed by atoms with E-state index in [2.05, 4.69) is 24.9 Å². The number of hydrogen-bond donors (Lipinski definition) is 6. The Morgan fingerprint density at radius 3 is 2.45 bits per heavy atom. The molecule has 19 nitrogen and oxygen atoms in total. The molecule has 40 heavy (non-hydrogen) atoms. The summed E-state index contributed by atoms with van der Waals surface area (Å²) in [6, 6.07) is 0. The quantitative estimate of drug-likeness (QED) is 0.114. The molecule has 5 heterocycles. The molecule has 0 bridgehead atoms. The van der Waals surface area contributed by atoms with Crippen molar-refractivity contribution in [2.45, 2.75) is 47.6 Å². The minimum Gasteiger partial charge on any atom is -0.394 e. The van der Waals surface area contributed by atoms with Gasteiger partial charge in [0.15, 0.2) is 23.6 Å². The summed E-state index contributed by atoms with van der Waals surface area (Å²) in [4.78, 5) is 52.0. The third-order valence-electron chi connectivity index (χ3n) is 6.14. The first-order chi connectivity index (χ1) is 18.9. The average Bonchev–Trinajstić information content (AvgIpc) is 3.53. The van der Waals surface area contributed by atoms with Gasteiger partial charge >= 0.3 is 13.5 Å². The standard InChI is InChI=1S/C18H22Cl2N9O10P/c19-7-10(31)6(38-14(7)28-3-23-9-12(28)25-17(22)26-13(9)32)2-36-40(34,35)39-11-5(1-30)37-15(8(11)20)29-4-24-16(21)27-18(29)33/h3-8,10-11,14-15,30-31H,1-2H2,(H,34,35)(H2,21,27,33)(H3,22,25,26,32)/t5-,6-,7?,8?,10?,11?,14-,15-/m1/s1. The summed E-state index contributed by atoms with van der Waals surface area (Å²) in [5, 5.41) is 17.9. The third kappa shape index (κ3) is 5.32. The van der Waals surface area contributed by atoms with Gasteiger partial charge in [-0.15, -0.1) is 23.2 Å². The number of nitrogens with one attached hydrogen (secondary N) is 1. The molecule has 3 aromatic heterocycles. The predicted molar refractivity (Wildman–Crippen MR) is 134 cm³/mol. The zero-order chi connectivity index (χ0) is 28.9. The molecule has 5 unspecified atom stereocenters. The number of imidazole rings is 1. The van der Waals surface area contributed by atoms with E-state index in [0.29, 0.717) is 0 Å². The molecule has 0 saturated carbocycles. The lowest BCUT2D eigenvalue weighted by molar-refractivity contribution is -0.0565. The van der Waals surface area contributed by atoms with Gasteiger partial charge in [-0.1, -0.05) is 0 Å². The lowest BCUT2D eigenvalue weighted by Crippen LogP contribution is -2.35. The number of halogens is 2. The van der Waals surface area contributed by atoms with Gasteiger partial charge in [-0.25, -0.2) is 19.3 Å². The number of ether oxygens (including phenoxy) is 2. The number of rotatable bonds is 8. The van der Waals surface area contributed by atoms with Gasteiger partial charge in [0.25, 0.3) is 5.56 Å². The van der Waals surface area contributed by atoms with Crippen LogP contribution in [0.4, 0.5) is 11.9 Å². The number of nitrogens with two attached hydrogens (primary N) is 2. The second kappa shape index (κ2) is 10.9. The highest BCUT2D eigenvalue weighted by atomic mass is 35.5. The van der Waals surface area contributed by atoms with E-state index < -0.39 is 79.9 Å². The summed E-state index contributed by atoms with van der Waals surface area (Å²) in [5.41, 5.74) is 9.49. The first-order valence-electron chi connectivity index (χ1n) is 11.4. The molecule has 5 rings (SSSR count). The number of phosphoric acid groups is 1. The molecular weight excluding hydrogens is 604 g/mol. The van der Waals surface area contributed by atoms with Crippen molar-refractivity contribution in [1.29, 1.82) is 0 Å². The van der Waals surface area contributed by atoms with Gasteiger partial charge in [0.2, 0.25) is 11.9 Å². The summed E-state index contributed by atoms with van der Waals surface area (Å²) < 4.78 is 36.4. The summed E-state index contributed by atoms with van der Waals surface area (Å²) >= 11 is 12.7. The van der Waals surface area contributed by atoms with Crippen molar-refractivity contribution in [3.05, 3.63) is 33.5 Å². The van der Waals surface area contributed by atoms with Crippen LogP contribution in [0.2, 0.25) is 0 Å². The van der Waals surface area contributed by atoms with Crippen LogP contribution in [0.1, 0.15) is 12.5 Å². The van der Waals surface area contributed by atoms with Crippen LogP contribution < -0.4 is 22.7 Å². The number of phosphoric ester groups is 1. The van der Waals surface area contributed by atoms with Crippen molar-refractivity contribution in [1.82, 2.24) is 34.1 Å². The number of aromatic nitrogens is 7. The number of aliphatic hydroxyl groups is 2. The monoisotopic (exact) mass is 625 g/mol. The molecule has 3 aromatic rings. The molecule has 0 spiro atoms. The minimum absolute atomic E-state index is 0.0337. The van der Waals surface area contributed by atoms with Crippen LogP contribution in [0.3, 0.4) is 0 Å². The van der Waals surface area contributed by atoms with Crippen LogP contribution in [0.5, 0.6) is 0 Å². The Bertz CT molecular complexity index is 1570. The fourth-order valence-electron chi connectivity index (χ4n) is 4.27. The summed E-state index contributed by atoms with van der Waals surface area (Å²) in [6.45, 7) is -1.38. The number of nitrogen functional groups attached to an aromatic ring is 2. The molecule has 22 heteroatoms. The van der Waals surface area contributed by atoms with E-state index in [1.165, 1.54) is 10.9 Å². The number of aromatic amines is 1. The maximum atomic E-state index is 12.8. The largest absolute Gasteiger partial charge is 0.472 e. The zero-order valence-electron chi connectivity index (χ0n) is 19.9. The Kier molecular flexibility index (Phi) is 7.87. The van der Waals surface area contributed by atoms with Crippen LogP contribution in [-0.2, 0) is 23.1 Å². The Balaban J connectivity index is 1.27. The van der Waals surface area contributed by atoms with Crippen molar-refractivity contribution < 1.29 is 38.2 Å². The summed E-state index contributed by atoms with van der Waals surface area (Å²) in [7, 11) is -4.94. The highest BCUT2D eigenvalue weighted by Gasteiger charge is 2.50. The topological polar surface area (TPSA) is 278 Å². The van der Waals surface area contributed by atoms with E-state index in [9.17, 15) is 29.3 Å². The van der Waals surface area contributed by atoms with E-state index in [-0.39, 0.29) is 23.1 Å². The molecule has 0 aromatic carbocycles. The highest BCUT2D eigenvalue weighted by Crippen LogP contribution is 2.50. The maximum Gasteiger partial charge on any atom is 0.472 e. The molecule has 2 aliphatic rings. The molecule has 2 fully saturated rings. The van der Waals surface area contributed by atoms with Crippen LogP contribution in [0.15, 0.2) is 22.2 Å². The van der Waals surface area contributed by atoms with E-state index in [4.69, 9.17) is 53.2 Å². The second-order valence-corrected chi connectivity index (χ2v) is 11.1. The minimum atomic E-state index is -4.94. The van der Waals surface area contributed by atoms with Crippen LogP contribution in [-0.4, -0.2) is 97.5 Å². The lowest BCUT2D eigenvalue weighted by Gasteiger charge is -2.23. The Labute approximate surface area is 232 Å². The van der Waals surface area contributed by atoms with Gasteiger partial charge in [0.05, 0.1) is 19.5 Å². The Hall–Kier alpha value is -2.71. The second-order valence-electron chi connectivity index (χ2n) is 8.71. The van der Waals surface area contributed by atoms with E-state index in [0.717, 1.165) is 10.9 Å².